The summed E-state index contributed by atoms with van der Waals surface area (Å²) in [5, 5.41) is 3.41. The zero-order chi connectivity index (χ0) is 19.6. The van der Waals surface area contributed by atoms with Crippen molar-refractivity contribution in [3.8, 4) is 0 Å². The molecular weight excluding hydrogens is 348 g/mol. The van der Waals surface area contributed by atoms with Crippen LogP contribution < -0.4 is 5.32 Å². The lowest BCUT2D eigenvalue weighted by molar-refractivity contribution is 0.0293. The van der Waals surface area contributed by atoms with E-state index in [1.807, 2.05) is 20.8 Å². The Balaban J connectivity index is 1.76. The summed E-state index contributed by atoms with van der Waals surface area (Å²) in [4.78, 5) is 34.5. The van der Waals surface area contributed by atoms with Crippen molar-refractivity contribution >= 4 is 28.8 Å². The van der Waals surface area contributed by atoms with E-state index < -0.39 is 11.6 Å². The molecule has 1 unspecified atom stereocenters. The Labute approximate surface area is 157 Å². The van der Waals surface area contributed by atoms with Crippen LogP contribution in [0.4, 0.5) is 10.5 Å². The molecule has 2 aromatic rings. The van der Waals surface area contributed by atoms with Gasteiger partial charge in [0.25, 0.3) is 0 Å². The SMILES string of the molecule is COC(=O)c1ccc(NC2CCN(C(=O)OC(C)(C)C)C2)c2nccnc12. The van der Waals surface area contributed by atoms with Gasteiger partial charge in [0.2, 0.25) is 0 Å². The predicted octanol–water partition coefficient (Wildman–Crippen LogP) is 2.84. The van der Waals surface area contributed by atoms with Crippen LogP contribution in [-0.2, 0) is 9.47 Å². The van der Waals surface area contributed by atoms with Gasteiger partial charge in [-0.2, -0.15) is 0 Å². The molecule has 3 rings (SSSR count). The van der Waals surface area contributed by atoms with E-state index in [-0.39, 0.29) is 12.1 Å². The summed E-state index contributed by atoms with van der Waals surface area (Å²) in [7, 11) is 1.33. The molecule has 0 radical (unpaired) electrons. The van der Waals surface area contributed by atoms with Crippen LogP contribution in [-0.4, -0.2) is 58.8 Å². The van der Waals surface area contributed by atoms with Gasteiger partial charge in [-0.25, -0.2) is 9.59 Å². The molecule has 1 atom stereocenters. The van der Waals surface area contributed by atoms with E-state index in [0.717, 1.165) is 12.1 Å². The number of fused-ring (bicyclic) bond motifs is 1. The highest BCUT2D eigenvalue weighted by atomic mass is 16.6. The lowest BCUT2D eigenvalue weighted by Crippen LogP contribution is -2.36. The number of carbonyl (C=O) groups excluding carboxylic acids is 2. The van der Waals surface area contributed by atoms with Gasteiger partial charge in [0.15, 0.2) is 0 Å². The first-order valence-corrected chi connectivity index (χ1v) is 8.85. The number of amides is 1. The number of esters is 1. The van der Waals surface area contributed by atoms with E-state index in [1.165, 1.54) is 7.11 Å². The second kappa shape index (κ2) is 7.38. The van der Waals surface area contributed by atoms with E-state index in [1.54, 1.807) is 29.4 Å². The molecule has 0 bridgehead atoms. The molecule has 1 amide bonds. The number of aromatic nitrogens is 2. The minimum atomic E-state index is -0.516. The van der Waals surface area contributed by atoms with Gasteiger partial charge in [-0.05, 0) is 39.3 Å². The molecule has 1 aliphatic rings. The third-order valence-electron chi connectivity index (χ3n) is 4.23. The number of nitrogens with zero attached hydrogens (tertiary/aromatic N) is 3. The van der Waals surface area contributed by atoms with Gasteiger partial charge >= 0.3 is 12.1 Å². The topological polar surface area (TPSA) is 93.7 Å². The number of carbonyl (C=O) groups is 2. The number of anilines is 1. The van der Waals surface area contributed by atoms with E-state index in [4.69, 9.17) is 9.47 Å². The molecule has 0 saturated carbocycles. The molecule has 0 aliphatic carbocycles. The smallest absolute Gasteiger partial charge is 0.410 e. The maximum absolute atomic E-state index is 12.2. The van der Waals surface area contributed by atoms with E-state index in [2.05, 4.69) is 15.3 Å². The Morgan fingerprint density at radius 1 is 1.19 bits per heavy atom. The second-order valence-corrected chi connectivity index (χ2v) is 7.46. The molecule has 1 aliphatic heterocycles. The van der Waals surface area contributed by atoms with Crippen molar-refractivity contribution < 1.29 is 19.1 Å². The Bertz CT molecular complexity index is 862. The average molecular weight is 372 g/mol. The maximum Gasteiger partial charge on any atom is 0.410 e. The second-order valence-electron chi connectivity index (χ2n) is 7.46. The third-order valence-corrected chi connectivity index (χ3v) is 4.23. The van der Waals surface area contributed by atoms with E-state index in [9.17, 15) is 9.59 Å². The van der Waals surface area contributed by atoms with Crippen molar-refractivity contribution in [2.75, 3.05) is 25.5 Å². The Morgan fingerprint density at radius 3 is 2.56 bits per heavy atom. The first-order valence-electron chi connectivity index (χ1n) is 8.85. The highest BCUT2D eigenvalue weighted by Crippen LogP contribution is 2.26. The van der Waals surface area contributed by atoms with Crippen molar-refractivity contribution in [3.05, 3.63) is 30.1 Å². The molecule has 27 heavy (non-hydrogen) atoms. The number of benzene rings is 1. The normalized spacial score (nSPS) is 17.0. The summed E-state index contributed by atoms with van der Waals surface area (Å²) in [5.74, 6) is -0.455. The van der Waals surface area contributed by atoms with Crippen LogP contribution >= 0.6 is 0 Å². The Kier molecular flexibility index (Phi) is 5.16. The first-order chi connectivity index (χ1) is 12.8. The van der Waals surface area contributed by atoms with Gasteiger partial charge in [0.1, 0.15) is 16.6 Å². The van der Waals surface area contributed by atoms with Crippen LogP contribution in [0.15, 0.2) is 24.5 Å². The predicted molar refractivity (Wildman–Crippen MR) is 101 cm³/mol. The number of hydrogen-bond donors (Lipinski definition) is 1. The van der Waals surface area contributed by atoms with Crippen molar-refractivity contribution in [1.82, 2.24) is 14.9 Å². The minimum absolute atomic E-state index is 0.0618. The number of nitrogens with one attached hydrogen (secondary N) is 1. The monoisotopic (exact) mass is 372 g/mol. The Morgan fingerprint density at radius 2 is 1.89 bits per heavy atom. The fourth-order valence-corrected chi connectivity index (χ4v) is 3.04. The molecule has 1 fully saturated rings. The van der Waals surface area contributed by atoms with Gasteiger partial charge in [0.05, 0.1) is 18.4 Å². The molecule has 2 heterocycles. The number of hydrogen-bond acceptors (Lipinski definition) is 7. The number of likely N-dealkylation sites (tertiary alicyclic amines) is 1. The molecule has 1 saturated heterocycles. The van der Waals surface area contributed by atoms with Crippen LogP contribution in [0, 0.1) is 0 Å². The molecule has 8 nitrogen and oxygen atoms in total. The third kappa shape index (κ3) is 4.27. The standard InChI is InChI=1S/C19H24N4O4/c1-19(2,3)27-18(25)23-10-7-12(11-23)22-14-6-5-13(17(24)26-4)15-16(14)21-9-8-20-15/h5-6,8-9,12,22H,7,10-11H2,1-4H3. The van der Waals surface area contributed by atoms with Crippen molar-refractivity contribution in [2.24, 2.45) is 0 Å². The fraction of sp³-hybridized carbons (Fsp3) is 0.474. The molecule has 1 aromatic heterocycles. The minimum Gasteiger partial charge on any atom is -0.465 e. The summed E-state index contributed by atoms with van der Waals surface area (Å²) >= 11 is 0. The summed E-state index contributed by atoms with van der Waals surface area (Å²) in [6.45, 7) is 6.71. The van der Waals surface area contributed by atoms with E-state index >= 15 is 0 Å². The van der Waals surface area contributed by atoms with Crippen molar-refractivity contribution in [3.63, 3.8) is 0 Å². The van der Waals surface area contributed by atoms with Gasteiger partial charge in [0, 0.05) is 31.5 Å². The van der Waals surface area contributed by atoms with Crippen LogP contribution in [0.1, 0.15) is 37.6 Å². The van der Waals surface area contributed by atoms with Crippen molar-refractivity contribution in [1.29, 1.82) is 0 Å². The molecule has 144 valence electrons. The summed E-state index contributed by atoms with van der Waals surface area (Å²) in [6.07, 6.45) is 3.60. The van der Waals surface area contributed by atoms with Crippen LogP contribution in [0.3, 0.4) is 0 Å². The van der Waals surface area contributed by atoms with Crippen LogP contribution in [0.5, 0.6) is 0 Å². The highest BCUT2D eigenvalue weighted by molar-refractivity contribution is 6.05. The van der Waals surface area contributed by atoms with E-state index in [0.29, 0.717) is 29.7 Å². The molecule has 1 N–H and O–H groups in total. The zero-order valence-electron chi connectivity index (χ0n) is 16.0. The summed E-state index contributed by atoms with van der Waals surface area (Å²) in [6, 6.07) is 3.53. The van der Waals surface area contributed by atoms with Crippen LogP contribution in [0.2, 0.25) is 0 Å². The first kappa shape index (κ1) is 18.9. The molecular formula is C19H24N4O4. The average Bonchev–Trinajstić information content (AvgIpc) is 3.09. The highest BCUT2D eigenvalue weighted by Gasteiger charge is 2.30. The summed E-state index contributed by atoms with van der Waals surface area (Å²) in [5.41, 5.74) is 1.69. The molecule has 0 spiro atoms. The van der Waals surface area contributed by atoms with Gasteiger partial charge in [-0.3, -0.25) is 9.97 Å². The van der Waals surface area contributed by atoms with Crippen LogP contribution in [0.25, 0.3) is 11.0 Å². The summed E-state index contributed by atoms with van der Waals surface area (Å²) < 4.78 is 10.2. The van der Waals surface area contributed by atoms with Gasteiger partial charge < -0.3 is 19.7 Å². The van der Waals surface area contributed by atoms with Gasteiger partial charge in [-0.15, -0.1) is 0 Å². The van der Waals surface area contributed by atoms with Crippen molar-refractivity contribution in [2.45, 2.75) is 38.8 Å². The molecule has 1 aromatic carbocycles. The lowest BCUT2D eigenvalue weighted by Gasteiger charge is -2.24. The number of methoxy groups -OCH3 is 1. The lowest BCUT2D eigenvalue weighted by atomic mass is 10.1. The maximum atomic E-state index is 12.2. The Hall–Kier alpha value is -2.90. The van der Waals surface area contributed by atoms with Gasteiger partial charge in [-0.1, -0.05) is 0 Å². The fourth-order valence-electron chi connectivity index (χ4n) is 3.04. The number of ether oxygens (including phenoxy) is 2. The number of rotatable bonds is 3. The largest absolute Gasteiger partial charge is 0.465 e. The molecule has 8 heteroatoms. The quantitative estimate of drug-likeness (QED) is 0.828. The zero-order valence-corrected chi connectivity index (χ0v) is 16.0.